The molecule has 0 aromatic heterocycles. The van der Waals surface area contributed by atoms with Crippen molar-refractivity contribution in [1.82, 2.24) is 4.72 Å². The zero-order valence-electron chi connectivity index (χ0n) is 12.2. The number of sulfonamides is 1. The highest BCUT2D eigenvalue weighted by Crippen LogP contribution is 2.10. The first kappa shape index (κ1) is 17.0. The Labute approximate surface area is 139 Å². The number of aryl methyl sites for hydroxylation is 1. The summed E-state index contributed by atoms with van der Waals surface area (Å²) in [6.45, 7) is 1.86. The lowest BCUT2D eigenvalue weighted by Gasteiger charge is -2.06. The number of thiocarbonyl (C=S) groups is 1. The van der Waals surface area contributed by atoms with Gasteiger partial charge in [0.2, 0.25) is 5.11 Å². The van der Waals surface area contributed by atoms with Crippen LogP contribution in [-0.4, -0.2) is 19.9 Å². The van der Waals surface area contributed by atoms with E-state index in [1.54, 1.807) is 18.2 Å². The van der Waals surface area contributed by atoms with E-state index in [9.17, 15) is 12.8 Å². The summed E-state index contributed by atoms with van der Waals surface area (Å²) in [4.78, 5) is 3.86. The van der Waals surface area contributed by atoms with E-state index >= 15 is 0 Å². The number of halogens is 1. The normalized spacial score (nSPS) is 11.4. The average molecular weight is 351 g/mol. The van der Waals surface area contributed by atoms with Crippen LogP contribution in [0, 0.1) is 12.7 Å². The minimum atomic E-state index is -3.77. The third-order valence-corrected chi connectivity index (χ3v) is 4.48. The highest BCUT2D eigenvalue weighted by molar-refractivity contribution is 7.91. The summed E-state index contributed by atoms with van der Waals surface area (Å²) in [7, 11) is -3.77. The first-order chi connectivity index (χ1) is 10.9. The van der Waals surface area contributed by atoms with Gasteiger partial charge in [-0.15, -0.1) is 0 Å². The van der Waals surface area contributed by atoms with Gasteiger partial charge in [0.1, 0.15) is 5.82 Å². The van der Waals surface area contributed by atoms with Crippen molar-refractivity contribution in [3.05, 3.63) is 59.9 Å². The van der Waals surface area contributed by atoms with Crippen LogP contribution in [0.4, 0.5) is 10.1 Å². The fourth-order valence-corrected chi connectivity index (χ4v) is 2.94. The molecular weight excluding hydrogens is 337 g/mol. The zero-order valence-corrected chi connectivity index (χ0v) is 13.8. The molecule has 0 bridgehead atoms. The Kier molecular flexibility index (Phi) is 5.41. The number of rotatable bonds is 4. The van der Waals surface area contributed by atoms with Crippen LogP contribution in [0.3, 0.4) is 0 Å². The molecule has 0 heterocycles. The van der Waals surface area contributed by atoms with Gasteiger partial charge in [0.15, 0.2) is 0 Å². The molecule has 23 heavy (non-hydrogen) atoms. The Bertz CT molecular complexity index is 834. The van der Waals surface area contributed by atoms with Gasteiger partial charge >= 0.3 is 0 Å². The van der Waals surface area contributed by atoms with Crippen molar-refractivity contribution in [3.63, 3.8) is 0 Å². The fourth-order valence-electron chi connectivity index (χ4n) is 1.66. The second-order valence-electron chi connectivity index (χ2n) is 4.64. The van der Waals surface area contributed by atoms with Gasteiger partial charge < -0.3 is 5.32 Å². The molecule has 0 aliphatic heterocycles. The Balaban J connectivity index is 1.98. The SMILES string of the molecule is Cc1ccc(S(=O)(=O)NC(=S)/N=C\Nc2cccc(F)c2)cc1. The minimum Gasteiger partial charge on any atom is -0.346 e. The third kappa shape index (κ3) is 5.11. The van der Waals surface area contributed by atoms with Crippen LogP contribution in [0.25, 0.3) is 0 Å². The average Bonchev–Trinajstić information content (AvgIpc) is 2.47. The maximum atomic E-state index is 13.0. The molecule has 2 aromatic carbocycles. The van der Waals surface area contributed by atoms with Crippen LogP contribution in [-0.2, 0) is 10.0 Å². The minimum absolute atomic E-state index is 0.0961. The largest absolute Gasteiger partial charge is 0.346 e. The predicted molar refractivity (Wildman–Crippen MR) is 92.6 cm³/mol. The van der Waals surface area contributed by atoms with Gasteiger partial charge in [-0.3, -0.25) is 4.72 Å². The highest BCUT2D eigenvalue weighted by Gasteiger charge is 2.14. The quantitative estimate of drug-likeness (QED) is 0.505. The lowest BCUT2D eigenvalue weighted by molar-refractivity contribution is 0.592. The summed E-state index contributed by atoms with van der Waals surface area (Å²) in [6, 6.07) is 12.1. The summed E-state index contributed by atoms with van der Waals surface area (Å²) >= 11 is 4.87. The number of anilines is 1. The van der Waals surface area contributed by atoms with Gasteiger partial charge in [-0.05, 0) is 49.5 Å². The second kappa shape index (κ2) is 7.30. The van der Waals surface area contributed by atoms with Gasteiger partial charge in [0.25, 0.3) is 10.0 Å². The van der Waals surface area contributed by atoms with Crippen LogP contribution in [0.5, 0.6) is 0 Å². The van der Waals surface area contributed by atoms with E-state index in [2.05, 4.69) is 15.0 Å². The standard InChI is InChI=1S/C15H14FN3O2S2/c1-11-5-7-14(8-6-11)23(20,21)19-15(22)18-10-17-13-4-2-3-12(16)9-13/h2-10H,1H3,(H2,17,18,19,22). The molecule has 0 unspecified atom stereocenters. The van der Waals surface area contributed by atoms with E-state index < -0.39 is 15.8 Å². The van der Waals surface area contributed by atoms with Crippen LogP contribution in [0.15, 0.2) is 58.4 Å². The van der Waals surface area contributed by atoms with Crippen LogP contribution in [0.2, 0.25) is 0 Å². The van der Waals surface area contributed by atoms with Crippen molar-refractivity contribution in [2.75, 3.05) is 5.32 Å². The molecule has 8 heteroatoms. The number of nitrogens with one attached hydrogen (secondary N) is 2. The maximum Gasteiger partial charge on any atom is 0.263 e. The summed E-state index contributed by atoms with van der Waals surface area (Å²) in [6.07, 6.45) is 1.19. The molecule has 2 aromatic rings. The molecule has 120 valence electrons. The van der Waals surface area contributed by atoms with Crippen molar-refractivity contribution in [2.45, 2.75) is 11.8 Å². The Morgan fingerprint density at radius 2 is 1.91 bits per heavy atom. The third-order valence-electron chi connectivity index (χ3n) is 2.79. The smallest absolute Gasteiger partial charge is 0.263 e. The number of benzene rings is 2. The van der Waals surface area contributed by atoms with Gasteiger partial charge in [-0.1, -0.05) is 23.8 Å². The van der Waals surface area contributed by atoms with Crippen molar-refractivity contribution in [1.29, 1.82) is 0 Å². The summed E-state index contributed by atoms with van der Waals surface area (Å²) in [5, 5.41) is 2.47. The molecule has 0 amide bonds. The van der Waals surface area contributed by atoms with Gasteiger partial charge in [0, 0.05) is 5.69 Å². The highest BCUT2D eigenvalue weighted by atomic mass is 32.2. The first-order valence-electron chi connectivity index (χ1n) is 6.55. The van der Waals surface area contributed by atoms with Crippen molar-refractivity contribution >= 4 is 39.4 Å². The lowest BCUT2D eigenvalue weighted by Crippen LogP contribution is -2.28. The second-order valence-corrected chi connectivity index (χ2v) is 6.71. The fraction of sp³-hybridized carbons (Fsp3) is 0.0667. The zero-order chi connectivity index (χ0) is 16.9. The number of aliphatic imine (C=N–C) groups is 1. The Morgan fingerprint density at radius 1 is 1.22 bits per heavy atom. The number of hydrogen-bond donors (Lipinski definition) is 2. The Hall–Kier alpha value is -2.32. The van der Waals surface area contributed by atoms with Gasteiger partial charge in [-0.25, -0.2) is 17.8 Å². The topological polar surface area (TPSA) is 70.6 Å². The van der Waals surface area contributed by atoms with E-state index in [0.717, 1.165) is 5.56 Å². The van der Waals surface area contributed by atoms with Crippen molar-refractivity contribution < 1.29 is 12.8 Å². The molecular formula is C15H14FN3O2S2. The van der Waals surface area contributed by atoms with Crippen molar-refractivity contribution in [2.24, 2.45) is 4.99 Å². The maximum absolute atomic E-state index is 13.0. The van der Waals surface area contributed by atoms with Crippen LogP contribution < -0.4 is 10.0 Å². The number of nitrogens with zero attached hydrogens (tertiary/aromatic N) is 1. The molecule has 0 aliphatic rings. The number of hydrogen-bond acceptors (Lipinski definition) is 3. The molecule has 5 nitrogen and oxygen atoms in total. The summed E-state index contributed by atoms with van der Waals surface area (Å²) < 4.78 is 39.3. The first-order valence-corrected chi connectivity index (χ1v) is 8.44. The van der Waals surface area contributed by atoms with E-state index in [1.165, 1.54) is 36.7 Å². The van der Waals surface area contributed by atoms with Gasteiger partial charge in [0.05, 0.1) is 11.2 Å². The molecule has 0 spiro atoms. The van der Waals surface area contributed by atoms with Crippen molar-refractivity contribution in [3.8, 4) is 0 Å². The molecule has 2 rings (SSSR count). The molecule has 0 radical (unpaired) electrons. The van der Waals surface area contributed by atoms with Crippen LogP contribution in [0.1, 0.15) is 5.56 Å². The predicted octanol–water partition coefficient (Wildman–Crippen LogP) is 2.84. The van der Waals surface area contributed by atoms with E-state index in [0.29, 0.717) is 5.69 Å². The monoisotopic (exact) mass is 351 g/mol. The summed E-state index contributed by atoms with van der Waals surface area (Å²) in [5.74, 6) is -0.397. The Morgan fingerprint density at radius 3 is 2.57 bits per heavy atom. The van der Waals surface area contributed by atoms with E-state index in [-0.39, 0.29) is 10.0 Å². The van der Waals surface area contributed by atoms with Crippen LogP contribution >= 0.6 is 12.2 Å². The lowest BCUT2D eigenvalue weighted by atomic mass is 10.2. The molecule has 0 saturated carbocycles. The molecule has 0 fully saturated rings. The summed E-state index contributed by atoms with van der Waals surface area (Å²) in [5.41, 5.74) is 1.42. The molecule has 0 atom stereocenters. The van der Waals surface area contributed by atoms with E-state index in [1.807, 2.05) is 6.92 Å². The van der Waals surface area contributed by atoms with Gasteiger partial charge in [-0.2, -0.15) is 0 Å². The molecule has 0 saturated heterocycles. The van der Waals surface area contributed by atoms with E-state index in [4.69, 9.17) is 12.2 Å². The molecule has 2 N–H and O–H groups in total. The molecule has 0 aliphatic carbocycles.